The molecule has 0 radical (unpaired) electrons. The van der Waals surface area contributed by atoms with E-state index in [0.29, 0.717) is 13.1 Å². The Labute approximate surface area is 121 Å². The molecule has 0 spiro atoms. The van der Waals surface area contributed by atoms with E-state index < -0.39 is 11.9 Å². The van der Waals surface area contributed by atoms with Gasteiger partial charge in [-0.1, -0.05) is 0 Å². The topological polar surface area (TPSA) is 59.1 Å². The second-order valence-electron chi connectivity index (χ2n) is 4.84. The highest BCUT2D eigenvalue weighted by Crippen LogP contribution is 2.29. The minimum atomic E-state index is -4.49. The second-order valence-corrected chi connectivity index (χ2v) is 4.84. The third kappa shape index (κ3) is 4.73. The molecule has 1 unspecified atom stereocenters. The van der Waals surface area contributed by atoms with E-state index in [1.807, 2.05) is 0 Å². The minimum absolute atomic E-state index is 0.0214. The van der Waals surface area contributed by atoms with E-state index in [1.54, 1.807) is 6.92 Å². The summed E-state index contributed by atoms with van der Waals surface area (Å²) in [6, 6.07) is 0.927. The number of nitrogens with zero attached hydrogens (tertiary/aromatic N) is 2. The largest absolute Gasteiger partial charge is 0.433 e. The summed E-state index contributed by atoms with van der Waals surface area (Å²) in [6.07, 6.45) is -1.50. The number of alkyl halides is 3. The molecular formula is C13H19F3N4O. The van der Waals surface area contributed by atoms with Gasteiger partial charge in [0.15, 0.2) is 5.69 Å². The summed E-state index contributed by atoms with van der Waals surface area (Å²) >= 11 is 0. The van der Waals surface area contributed by atoms with Crippen LogP contribution < -0.4 is 10.6 Å². The summed E-state index contributed by atoms with van der Waals surface area (Å²) in [5.41, 5.74) is -0.951. The highest BCUT2D eigenvalue weighted by molar-refractivity contribution is 5.43. The van der Waals surface area contributed by atoms with Crippen LogP contribution in [0.2, 0.25) is 0 Å². The molecule has 0 amide bonds. The van der Waals surface area contributed by atoms with Crippen molar-refractivity contribution in [2.45, 2.75) is 38.5 Å². The first-order valence-electron chi connectivity index (χ1n) is 7.04. The van der Waals surface area contributed by atoms with Crippen LogP contribution in [0.3, 0.4) is 0 Å². The van der Waals surface area contributed by atoms with Gasteiger partial charge in [0.1, 0.15) is 5.82 Å². The Morgan fingerprint density at radius 2 is 2.14 bits per heavy atom. The first-order valence-corrected chi connectivity index (χ1v) is 7.04. The van der Waals surface area contributed by atoms with Gasteiger partial charge in [-0.25, -0.2) is 4.98 Å². The molecule has 2 N–H and O–H groups in total. The smallest absolute Gasteiger partial charge is 0.378 e. The Balaban J connectivity index is 2.00. The van der Waals surface area contributed by atoms with Crippen LogP contribution in [0.5, 0.6) is 0 Å². The summed E-state index contributed by atoms with van der Waals surface area (Å²) in [5.74, 6) is 0.151. The second kappa shape index (κ2) is 6.93. The maximum atomic E-state index is 12.8. The lowest BCUT2D eigenvalue weighted by Crippen LogP contribution is -2.16. The van der Waals surface area contributed by atoms with Gasteiger partial charge in [0.25, 0.3) is 0 Å². The van der Waals surface area contributed by atoms with Crippen LogP contribution in [0.15, 0.2) is 6.07 Å². The van der Waals surface area contributed by atoms with Crippen molar-refractivity contribution in [2.24, 2.45) is 0 Å². The van der Waals surface area contributed by atoms with Crippen LogP contribution in [-0.2, 0) is 10.9 Å². The zero-order valence-electron chi connectivity index (χ0n) is 11.8. The van der Waals surface area contributed by atoms with Gasteiger partial charge in [0.2, 0.25) is 5.95 Å². The summed E-state index contributed by atoms with van der Waals surface area (Å²) in [4.78, 5) is 7.49. The Kier molecular flexibility index (Phi) is 5.22. The molecular weight excluding hydrogens is 285 g/mol. The molecule has 1 aromatic rings. The Morgan fingerprint density at radius 1 is 1.33 bits per heavy atom. The maximum Gasteiger partial charge on any atom is 0.433 e. The van der Waals surface area contributed by atoms with E-state index in [1.165, 1.54) is 0 Å². The predicted molar refractivity (Wildman–Crippen MR) is 73.3 cm³/mol. The quantitative estimate of drug-likeness (QED) is 0.846. The standard InChI is InChI=1S/C13H19F3N4O/c1-2-17-12-19-10(13(14,15)16)8-11(20-12)18-6-5-9-4-3-7-21-9/h8-9H,2-7H2,1H3,(H2,17,18,19,20). The number of anilines is 2. The maximum absolute atomic E-state index is 12.8. The number of hydrogen-bond donors (Lipinski definition) is 2. The van der Waals surface area contributed by atoms with Crippen molar-refractivity contribution in [3.63, 3.8) is 0 Å². The predicted octanol–water partition coefficient (Wildman–Crippen LogP) is 2.91. The Bertz CT molecular complexity index is 461. The summed E-state index contributed by atoms with van der Waals surface area (Å²) < 4.78 is 43.8. The van der Waals surface area contributed by atoms with Crippen LogP contribution in [-0.4, -0.2) is 35.8 Å². The lowest BCUT2D eigenvalue weighted by molar-refractivity contribution is -0.141. The van der Waals surface area contributed by atoms with Crippen LogP contribution in [0.4, 0.5) is 24.9 Å². The van der Waals surface area contributed by atoms with Gasteiger partial charge >= 0.3 is 6.18 Å². The molecule has 1 atom stereocenters. The van der Waals surface area contributed by atoms with Gasteiger partial charge in [-0.2, -0.15) is 18.2 Å². The number of rotatable bonds is 6. The van der Waals surface area contributed by atoms with Crippen LogP contribution in [0.25, 0.3) is 0 Å². The van der Waals surface area contributed by atoms with Gasteiger partial charge in [-0.3, -0.25) is 0 Å². The number of halogens is 3. The molecule has 1 aliphatic rings. The molecule has 1 aromatic heterocycles. The van der Waals surface area contributed by atoms with E-state index in [0.717, 1.165) is 31.9 Å². The molecule has 1 fully saturated rings. The fourth-order valence-corrected chi connectivity index (χ4v) is 2.15. The lowest BCUT2D eigenvalue weighted by atomic mass is 10.2. The van der Waals surface area contributed by atoms with Gasteiger partial charge in [0.05, 0.1) is 6.10 Å². The zero-order valence-corrected chi connectivity index (χ0v) is 11.8. The minimum Gasteiger partial charge on any atom is -0.378 e. The van der Waals surface area contributed by atoms with Crippen molar-refractivity contribution in [2.75, 3.05) is 30.3 Å². The molecule has 5 nitrogen and oxygen atoms in total. The molecule has 0 saturated carbocycles. The van der Waals surface area contributed by atoms with Crippen LogP contribution in [0.1, 0.15) is 31.9 Å². The number of ether oxygens (including phenoxy) is 1. The van der Waals surface area contributed by atoms with Crippen LogP contribution >= 0.6 is 0 Å². The molecule has 8 heteroatoms. The Hall–Kier alpha value is -1.57. The van der Waals surface area contributed by atoms with Gasteiger partial charge < -0.3 is 15.4 Å². The number of aromatic nitrogens is 2. The molecule has 1 saturated heterocycles. The zero-order chi connectivity index (χ0) is 15.3. The highest BCUT2D eigenvalue weighted by atomic mass is 19.4. The molecule has 2 rings (SSSR count). The first-order chi connectivity index (χ1) is 9.99. The van der Waals surface area contributed by atoms with Crippen molar-refractivity contribution in [3.8, 4) is 0 Å². The molecule has 0 aliphatic carbocycles. The first kappa shape index (κ1) is 15.8. The van der Waals surface area contributed by atoms with Crippen molar-refractivity contribution in [1.29, 1.82) is 0 Å². The van der Waals surface area contributed by atoms with Crippen molar-refractivity contribution in [1.82, 2.24) is 9.97 Å². The van der Waals surface area contributed by atoms with Crippen molar-refractivity contribution >= 4 is 11.8 Å². The van der Waals surface area contributed by atoms with Gasteiger partial charge in [0, 0.05) is 25.8 Å². The molecule has 21 heavy (non-hydrogen) atoms. The third-order valence-corrected chi connectivity index (χ3v) is 3.15. The van der Waals surface area contributed by atoms with Crippen LogP contribution in [0, 0.1) is 0 Å². The number of nitrogens with one attached hydrogen (secondary N) is 2. The average molecular weight is 304 g/mol. The lowest BCUT2D eigenvalue weighted by Gasteiger charge is -2.13. The summed E-state index contributed by atoms with van der Waals surface area (Å²) in [5, 5.41) is 5.62. The SMILES string of the molecule is CCNc1nc(NCCC2CCCO2)cc(C(F)(F)F)n1. The Morgan fingerprint density at radius 3 is 2.76 bits per heavy atom. The van der Waals surface area contributed by atoms with Crippen molar-refractivity contribution < 1.29 is 17.9 Å². The van der Waals surface area contributed by atoms with Crippen molar-refractivity contribution in [3.05, 3.63) is 11.8 Å². The monoisotopic (exact) mass is 304 g/mol. The van der Waals surface area contributed by atoms with E-state index in [2.05, 4.69) is 20.6 Å². The average Bonchev–Trinajstić information content (AvgIpc) is 2.91. The van der Waals surface area contributed by atoms with Gasteiger partial charge in [-0.05, 0) is 26.2 Å². The highest BCUT2D eigenvalue weighted by Gasteiger charge is 2.33. The van der Waals surface area contributed by atoms with E-state index in [4.69, 9.17) is 4.74 Å². The summed E-state index contributed by atoms with van der Waals surface area (Å²) in [6.45, 7) is 3.51. The van der Waals surface area contributed by atoms with E-state index >= 15 is 0 Å². The number of hydrogen-bond acceptors (Lipinski definition) is 5. The summed E-state index contributed by atoms with van der Waals surface area (Å²) in [7, 11) is 0. The molecule has 1 aliphatic heterocycles. The van der Waals surface area contributed by atoms with E-state index in [9.17, 15) is 13.2 Å². The van der Waals surface area contributed by atoms with Gasteiger partial charge in [-0.15, -0.1) is 0 Å². The molecule has 0 bridgehead atoms. The molecule has 0 aromatic carbocycles. The molecule has 2 heterocycles. The van der Waals surface area contributed by atoms with E-state index in [-0.39, 0.29) is 17.9 Å². The fourth-order valence-electron chi connectivity index (χ4n) is 2.15. The fraction of sp³-hybridized carbons (Fsp3) is 0.692. The molecule has 118 valence electrons. The third-order valence-electron chi connectivity index (χ3n) is 3.15. The normalized spacial score (nSPS) is 18.8.